The third-order valence-electron chi connectivity index (χ3n) is 3.70. The minimum atomic E-state index is -0.546. The molecule has 0 bridgehead atoms. The molecule has 0 saturated carbocycles. The highest BCUT2D eigenvalue weighted by Crippen LogP contribution is 2.23. The van der Waals surface area contributed by atoms with Gasteiger partial charge in [-0.3, -0.25) is 14.3 Å². The van der Waals surface area contributed by atoms with Gasteiger partial charge in [-0.05, 0) is 50.5 Å². The van der Waals surface area contributed by atoms with Gasteiger partial charge >= 0.3 is 0 Å². The first-order valence-corrected chi connectivity index (χ1v) is 8.52. The van der Waals surface area contributed by atoms with E-state index in [9.17, 15) is 9.59 Å². The van der Waals surface area contributed by atoms with Crippen LogP contribution in [0.3, 0.4) is 0 Å². The van der Waals surface area contributed by atoms with Crippen molar-refractivity contribution in [1.29, 1.82) is 0 Å². The van der Waals surface area contributed by atoms with Crippen LogP contribution in [-0.4, -0.2) is 20.1 Å². The minimum absolute atomic E-state index is 0.156. The van der Waals surface area contributed by atoms with Gasteiger partial charge in [0.1, 0.15) is 0 Å². The van der Waals surface area contributed by atoms with Gasteiger partial charge in [0.25, 0.3) is 5.91 Å². The molecule has 124 valence electrons. The Hall–Kier alpha value is -2.25. The summed E-state index contributed by atoms with van der Waals surface area (Å²) in [6.07, 6.45) is 0. The molecule has 0 atom stereocenters. The zero-order valence-electron chi connectivity index (χ0n) is 13.4. The summed E-state index contributed by atoms with van der Waals surface area (Å²) in [5, 5.41) is 7.78. The second-order valence-corrected chi connectivity index (χ2v) is 6.72. The molecule has 0 aliphatic rings. The van der Waals surface area contributed by atoms with Gasteiger partial charge in [0.05, 0.1) is 22.3 Å². The molecule has 1 aromatic carbocycles. The predicted octanol–water partition coefficient (Wildman–Crippen LogP) is 3.40. The van der Waals surface area contributed by atoms with Crippen molar-refractivity contribution in [2.45, 2.75) is 27.3 Å². The zero-order chi connectivity index (χ0) is 17.4. The third-order valence-corrected chi connectivity index (χ3v) is 4.78. The number of fused-ring (bicyclic) bond motifs is 1. The molecule has 24 heavy (non-hydrogen) atoms. The highest BCUT2D eigenvalue weighted by atomic mass is 35.5. The number of aromatic nitrogens is 3. The van der Waals surface area contributed by atoms with Crippen molar-refractivity contribution in [3.8, 4) is 0 Å². The Labute approximate surface area is 147 Å². The Kier molecular flexibility index (Phi) is 4.38. The Bertz CT molecular complexity index is 990. The number of hydrogen-bond donors (Lipinski definition) is 1. The zero-order valence-corrected chi connectivity index (χ0v) is 15.0. The first-order valence-electron chi connectivity index (χ1n) is 7.37. The van der Waals surface area contributed by atoms with Gasteiger partial charge in [-0.15, -0.1) is 0 Å². The molecule has 0 spiro atoms. The van der Waals surface area contributed by atoms with Crippen LogP contribution in [-0.2, 0) is 6.54 Å². The van der Waals surface area contributed by atoms with Gasteiger partial charge in [0, 0.05) is 16.4 Å². The van der Waals surface area contributed by atoms with Crippen LogP contribution in [0.25, 0.3) is 10.9 Å². The quantitative estimate of drug-likeness (QED) is 0.774. The van der Waals surface area contributed by atoms with E-state index in [4.69, 9.17) is 11.6 Å². The molecule has 0 aliphatic carbocycles. The molecule has 0 saturated heterocycles. The smallest absolute Gasteiger partial charge is 0.280 e. The van der Waals surface area contributed by atoms with E-state index < -0.39 is 11.3 Å². The maximum Gasteiger partial charge on any atom is 0.280 e. The molecule has 8 heteroatoms. The highest BCUT2D eigenvalue weighted by Gasteiger charge is 2.19. The number of hydrogen-bond acceptors (Lipinski definition) is 5. The third kappa shape index (κ3) is 2.81. The average Bonchev–Trinajstić information content (AvgIpc) is 2.87. The lowest BCUT2D eigenvalue weighted by Crippen LogP contribution is -2.27. The number of benzene rings is 1. The Balaban J connectivity index is 2.14. The fraction of sp³-hybridized carbons (Fsp3) is 0.250. The summed E-state index contributed by atoms with van der Waals surface area (Å²) < 4.78 is 5.80. The molecule has 0 radical (unpaired) electrons. The first-order chi connectivity index (χ1) is 11.4. The molecule has 0 unspecified atom stereocenters. The number of carbonyl (C=O) groups excluding carboxylic acids is 1. The van der Waals surface area contributed by atoms with Crippen molar-refractivity contribution < 1.29 is 4.79 Å². The van der Waals surface area contributed by atoms with Crippen molar-refractivity contribution in [2.24, 2.45) is 0 Å². The Morgan fingerprint density at radius 3 is 2.75 bits per heavy atom. The van der Waals surface area contributed by atoms with E-state index in [0.717, 1.165) is 4.88 Å². The number of aryl methyl sites for hydroxylation is 3. The fourth-order valence-electron chi connectivity index (χ4n) is 2.49. The van der Waals surface area contributed by atoms with Crippen LogP contribution in [0.1, 0.15) is 28.0 Å². The largest absolute Gasteiger partial charge is 0.318 e. The highest BCUT2D eigenvalue weighted by molar-refractivity contribution is 7.06. The molecule has 3 aromatic rings. The van der Waals surface area contributed by atoms with Gasteiger partial charge in [-0.1, -0.05) is 11.6 Å². The summed E-state index contributed by atoms with van der Waals surface area (Å²) in [7, 11) is 0. The van der Waals surface area contributed by atoms with Gasteiger partial charge in [-0.2, -0.15) is 9.47 Å². The average molecular weight is 363 g/mol. The van der Waals surface area contributed by atoms with Gasteiger partial charge in [0.2, 0.25) is 5.43 Å². The van der Waals surface area contributed by atoms with Crippen molar-refractivity contribution in [2.75, 3.05) is 5.32 Å². The van der Waals surface area contributed by atoms with Crippen LogP contribution in [0.15, 0.2) is 23.0 Å². The SMILES string of the molecule is CCn1nc(C(=O)Nc2c(C)nsc2C)c(=O)c2cc(Cl)ccc21. The standard InChI is InChI=1S/C16H15ClN4O2S/c1-4-21-12-6-5-10(17)7-11(12)15(22)14(19-21)16(23)18-13-8(2)20-24-9(13)3/h5-7H,4H2,1-3H3,(H,18,23). The van der Waals surface area contributed by atoms with Crippen molar-refractivity contribution >= 4 is 45.6 Å². The molecule has 1 N–H and O–H groups in total. The molecule has 6 nitrogen and oxygen atoms in total. The van der Waals surface area contributed by atoms with E-state index in [1.165, 1.54) is 11.5 Å². The normalized spacial score (nSPS) is 11.0. The van der Waals surface area contributed by atoms with E-state index in [-0.39, 0.29) is 5.69 Å². The molecule has 2 aromatic heterocycles. The van der Waals surface area contributed by atoms with E-state index in [1.807, 2.05) is 13.8 Å². The summed E-state index contributed by atoms with van der Waals surface area (Å²) in [5.41, 5.74) is 1.39. The summed E-state index contributed by atoms with van der Waals surface area (Å²) in [4.78, 5) is 26.1. The van der Waals surface area contributed by atoms with Crippen LogP contribution in [0.4, 0.5) is 5.69 Å². The molecule has 0 aliphatic heterocycles. The maximum atomic E-state index is 12.7. The number of amides is 1. The number of anilines is 1. The van der Waals surface area contributed by atoms with E-state index in [1.54, 1.807) is 29.8 Å². The second-order valence-electron chi connectivity index (χ2n) is 5.31. The van der Waals surface area contributed by atoms with Crippen LogP contribution >= 0.6 is 23.1 Å². The lowest BCUT2D eigenvalue weighted by molar-refractivity contribution is 0.101. The molecular formula is C16H15ClN4O2S. The predicted molar refractivity (Wildman–Crippen MR) is 96.2 cm³/mol. The van der Waals surface area contributed by atoms with Crippen molar-refractivity contribution in [3.63, 3.8) is 0 Å². The molecule has 3 rings (SSSR count). The monoisotopic (exact) mass is 362 g/mol. The number of carbonyl (C=O) groups is 1. The Morgan fingerprint density at radius 2 is 2.12 bits per heavy atom. The summed E-state index contributed by atoms with van der Waals surface area (Å²) in [6, 6.07) is 4.99. The number of nitrogens with zero attached hydrogens (tertiary/aromatic N) is 3. The lowest BCUT2D eigenvalue weighted by atomic mass is 10.2. The first kappa shape index (κ1) is 16.6. The molecule has 0 fully saturated rings. The summed E-state index contributed by atoms with van der Waals surface area (Å²) >= 11 is 7.30. The number of nitrogens with one attached hydrogen (secondary N) is 1. The maximum absolute atomic E-state index is 12.7. The van der Waals surface area contributed by atoms with Crippen LogP contribution in [0.2, 0.25) is 5.02 Å². The van der Waals surface area contributed by atoms with Crippen molar-refractivity contribution in [1.82, 2.24) is 14.2 Å². The Morgan fingerprint density at radius 1 is 1.38 bits per heavy atom. The number of halogens is 1. The fourth-order valence-corrected chi connectivity index (χ4v) is 3.31. The van der Waals surface area contributed by atoms with E-state index in [2.05, 4.69) is 14.8 Å². The van der Waals surface area contributed by atoms with Crippen LogP contribution in [0, 0.1) is 13.8 Å². The van der Waals surface area contributed by atoms with Gasteiger partial charge < -0.3 is 5.32 Å². The number of rotatable bonds is 3. The lowest BCUT2D eigenvalue weighted by Gasteiger charge is -2.11. The van der Waals surface area contributed by atoms with Crippen molar-refractivity contribution in [3.05, 3.63) is 49.7 Å². The molecule has 2 heterocycles. The van der Waals surface area contributed by atoms with E-state index >= 15 is 0 Å². The topological polar surface area (TPSA) is 76.9 Å². The molecule has 1 amide bonds. The van der Waals surface area contributed by atoms with Gasteiger partial charge in [0.15, 0.2) is 5.69 Å². The van der Waals surface area contributed by atoms with Crippen LogP contribution in [0.5, 0.6) is 0 Å². The van der Waals surface area contributed by atoms with Crippen LogP contribution < -0.4 is 10.7 Å². The summed E-state index contributed by atoms with van der Waals surface area (Å²) in [5.74, 6) is -0.546. The van der Waals surface area contributed by atoms with Gasteiger partial charge in [-0.25, -0.2) is 0 Å². The molecular weight excluding hydrogens is 348 g/mol. The second kappa shape index (κ2) is 6.33. The van der Waals surface area contributed by atoms with E-state index in [0.29, 0.717) is 33.9 Å². The summed E-state index contributed by atoms with van der Waals surface area (Å²) in [6.45, 7) is 6.08. The minimum Gasteiger partial charge on any atom is -0.318 e.